The average molecular weight is 212 g/mol. The van der Waals surface area contributed by atoms with Gasteiger partial charge < -0.3 is 5.11 Å². The molecule has 1 heteroatoms. The van der Waals surface area contributed by atoms with Crippen LogP contribution < -0.4 is 0 Å². The first-order valence-electron chi connectivity index (χ1n) is 6.99. The van der Waals surface area contributed by atoms with E-state index < -0.39 is 0 Å². The Morgan fingerprint density at radius 1 is 1.07 bits per heavy atom. The lowest BCUT2D eigenvalue weighted by Gasteiger charge is -2.30. The number of hydrogen-bond acceptors (Lipinski definition) is 1. The first-order chi connectivity index (χ1) is 7.38. The van der Waals surface area contributed by atoms with Gasteiger partial charge in [0.2, 0.25) is 0 Å². The van der Waals surface area contributed by atoms with Crippen LogP contribution in [0.4, 0.5) is 0 Å². The van der Waals surface area contributed by atoms with Crippen LogP contribution in [0.2, 0.25) is 0 Å². The van der Waals surface area contributed by atoms with Crippen LogP contribution in [0.25, 0.3) is 0 Å². The molecule has 1 aliphatic rings. The largest absolute Gasteiger partial charge is 0.396 e. The van der Waals surface area contributed by atoms with Gasteiger partial charge in [0, 0.05) is 6.61 Å². The first kappa shape index (κ1) is 13.0. The van der Waals surface area contributed by atoms with Gasteiger partial charge in [-0.2, -0.15) is 0 Å². The van der Waals surface area contributed by atoms with Crippen molar-refractivity contribution in [3.05, 3.63) is 0 Å². The highest BCUT2D eigenvalue weighted by Gasteiger charge is 2.22. The Kier molecular flexibility index (Phi) is 7.08. The van der Waals surface area contributed by atoms with E-state index in [1.165, 1.54) is 57.8 Å². The fraction of sp³-hybridized carbons (Fsp3) is 1.00. The van der Waals surface area contributed by atoms with Crippen LogP contribution in [0.15, 0.2) is 0 Å². The van der Waals surface area contributed by atoms with Crippen molar-refractivity contribution in [2.24, 2.45) is 11.8 Å². The monoisotopic (exact) mass is 212 g/mol. The van der Waals surface area contributed by atoms with E-state index >= 15 is 0 Å². The molecule has 0 saturated heterocycles. The lowest BCUT2D eigenvalue weighted by atomic mass is 9.76. The Morgan fingerprint density at radius 3 is 2.40 bits per heavy atom. The van der Waals surface area contributed by atoms with Crippen molar-refractivity contribution >= 4 is 0 Å². The molecule has 1 fully saturated rings. The van der Waals surface area contributed by atoms with E-state index in [1.807, 2.05) is 0 Å². The van der Waals surface area contributed by atoms with E-state index in [2.05, 4.69) is 6.92 Å². The van der Waals surface area contributed by atoms with Crippen molar-refractivity contribution in [3.63, 3.8) is 0 Å². The molecule has 1 atom stereocenters. The molecule has 1 unspecified atom stereocenters. The van der Waals surface area contributed by atoms with Crippen molar-refractivity contribution < 1.29 is 5.11 Å². The minimum Gasteiger partial charge on any atom is -0.396 e. The van der Waals surface area contributed by atoms with Crippen LogP contribution in [-0.2, 0) is 0 Å². The predicted molar refractivity (Wildman–Crippen MR) is 65.9 cm³/mol. The fourth-order valence-corrected chi connectivity index (χ4v) is 3.04. The smallest absolute Gasteiger partial charge is 0.0433 e. The number of aliphatic hydroxyl groups is 1. The molecule has 1 saturated carbocycles. The highest BCUT2D eigenvalue weighted by atomic mass is 16.3. The van der Waals surface area contributed by atoms with Gasteiger partial charge in [0.25, 0.3) is 0 Å². The summed E-state index contributed by atoms with van der Waals surface area (Å²) in [7, 11) is 0. The molecule has 0 bridgehead atoms. The second-order valence-electron chi connectivity index (χ2n) is 5.17. The van der Waals surface area contributed by atoms with Gasteiger partial charge in [-0.1, -0.05) is 64.7 Å². The molecule has 0 aliphatic heterocycles. The summed E-state index contributed by atoms with van der Waals surface area (Å²) in [6.07, 6.45) is 13.6. The number of unbranched alkanes of at least 4 members (excludes halogenated alkanes) is 2. The molecule has 0 radical (unpaired) electrons. The normalized spacial score (nSPS) is 20.4. The van der Waals surface area contributed by atoms with E-state index in [4.69, 9.17) is 5.11 Å². The minimum absolute atomic E-state index is 0.396. The third kappa shape index (κ3) is 5.01. The Labute approximate surface area is 95.3 Å². The summed E-state index contributed by atoms with van der Waals surface area (Å²) in [6, 6.07) is 0. The lowest BCUT2D eigenvalue weighted by molar-refractivity contribution is 0.176. The lowest BCUT2D eigenvalue weighted by Crippen LogP contribution is -2.19. The van der Waals surface area contributed by atoms with Crippen LogP contribution >= 0.6 is 0 Å². The molecule has 0 aromatic rings. The van der Waals surface area contributed by atoms with Crippen molar-refractivity contribution in [3.8, 4) is 0 Å². The minimum atomic E-state index is 0.396. The van der Waals surface area contributed by atoms with E-state index in [0.717, 1.165) is 18.3 Å². The summed E-state index contributed by atoms with van der Waals surface area (Å²) < 4.78 is 0. The van der Waals surface area contributed by atoms with Gasteiger partial charge in [0.1, 0.15) is 0 Å². The number of rotatable bonds is 7. The standard InChI is InChI=1S/C14H28O/c1-2-3-5-8-14(11-12-15)13-9-6-4-7-10-13/h13-15H,2-12H2,1H3. The van der Waals surface area contributed by atoms with Crippen LogP contribution in [-0.4, -0.2) is 11.7 Å². The molecule has 15 heavy (non-hydrogen) atoms. The zero-order valence-corrected chi connectivity index (χ0v) is 10.4. The highest BCUT2D eigenvalue weighted by molar-refractivity contribution is 4.74. The van der Waals surface area contributed by atoms with Crippen LogP contribution in [0, 0.1) is 11.8 Å². The topological polar surface area (TPSA) is 20.2 Å². The van der Waals surface area contributed by atoms with Gasteiger partial charge >= 0.3 is 0 Å². The molecule has 1 aliphatic carbocycles. The maximum atomic E-state index is 9.12. The Balaban J connectivity index is 2.26. The van der Waals surface area contributed by atoms with Crippen molar-refractivity contribution in [1.82, 2.24) is 0 Å². The molecule has 90 valence electrons. The van der Waals surface area contributed by atoms with E-state index in [9.17, 15) is 0 Å². The number of hydrogen-bond donors (Lipinski definition) is 1. The fourth-order valence-electron chi connectivity index (χ4n) is 3.04. The Hall–Kier alpha value is -0.0400. The summed E-state index contributed by atoms with van der Waals surface area (Å²) in [6.45, 7) is 2.66. The molecule has 1 nitrogen and oxygen atoms in total. The molecule has 1 N–H and O–H groups in total. The summed E-state index contributed by atoms with van der Waals surface area (Å²) in [5.74, 6) is 1.75. The van der Waals surface area contributed by atoms with Crippen LogP contribution in [0.1, 0.15) is 71.1 Å². The van der Waals surface area contributed by atoms with Crippen LogP contribution in [0.3, 0.4) is 0 Å². The highest BCUT2D eigenvalue weighted by Crippen LogP contribution is 2.34. The van der Waals surface area contributed by atoms with Gasteiger partial charge in [0.15, 0.2) is 0 Å². The Bertz CT molecular complexity index is 138. The summed E-state index contributed by atoms with van der Waals surface area (Å²) in [4.78, 5) is 0. The zero-order valence-electron chi connectivity index (χ0n) is 10.4. The molecule has 1 rings (SSSR count). The first-order valence-corrected chi connectivity index (χ1v) is 6.99. The maximum Gasteiger partial charge on any atom is 0.0433 e. The van der Waals surface area contributed by atoms with E-state index in [-0.39, 0.29) is 0 Å². The maximum absolute atomic E-state index is 9.12. The molecular weight excluding hydrogens is 184 g/mol. The predicted octanol–water partition coefficient (Wildman–Crippen LogP) is 4.15. The molecule has 0 aromatic carbocycles. The molecule has 0 amide bonds. The van der Waals surface area contributed by atoms with Crippen molar-refractivity contribution in [2.75, 3.05) is 6.61 Å². The number of aliphatic hydroxyl groups excluding tert-OH is 1. The van der Waals surface area contributed by atoms with Crippen molar-refractivity contribution in [2.45, 2.75) is 71.1 Å². The van der Waals surface area contributed by atoms with E-state index in [1.54, 1.807) is 0 Å². The molecule has 0 heterocycles. The van der Waals surface area contributed by atoms with Crippen molar-refractivity contribution in [1.29, 1.82) is 0 Å². The van der Waals surface area contributed by atoms with Gasteiger partial charge in [-0.25, -0.2) is 0 Å². The summed E-state index contributed by atoms with van der Waals surface area (Å²) in [5, 5.41) is 9.12. The van der Waals surface area contributed by atoms with Crippen LogP contribution in [0.5, 0.6) is 0 Å². The van der Waals surface area contributed by atoms with E-state index in [0.29, 0.717) is 6.61 Å². The average Bonchev–Trinajstić information content (AvgIpc) is 2.29. The van der Waals surface area contributed by atoms with Gasteiger partial charge in [-0.3, -0.25) is 0 Å². The second-order valence-corrected chi connectivity index (χ2v) is 5.17. The van der Waals surface area contributed by atoms with Gasteiger partial charge in [0.05, 0.1) is 0 Å². The van der Waals surface area contributed by atoms with Gasteiger partial charge in [-0.15, -0.1) is 0 Å². The second kappa shape index (κ2) is 8.15. The summed E-state index contributed by atoms with van der Waals surface area (Å²) in [5.41, 5.74) is 0. The summed E-state index contributed by atoms with van der Waals surface area (Å²) >= 11 is 0. The molecular formula is C14H28O. The third-order valence-corrected chi connectivity index (χ3v) is 3.99. The molecule has 0 aromatic heterocycles. The third-order valence-electron chi connectivity index (χ3n) is 3.99. The zero-order chi connectivity index (χ0) is 10.9. The molecule has 0 spiro atoms. The SMILES string of the molecule is CCCCCC(CCO)C1CCCCC1. The quantitative estimate of drug-likeness (QED) is 0.629. The Morgan fingerprint density at radius 2 is 1.80 bits per heavy atom. The van der Waals surface area contributed by atoms with Gasteiger partial charge in [-0.05, 0) is 18.3 Å².